The van der Waals surface area contributed by atoms with Crippen LogP contribution in [0.1, 0.15) is 5.56 Å². The molecule has 0 aromatic heterocycles. The SMILES string of the molecule is COc1cccc(CN(C)CC=CCS)c1. The number of likely N-dealkylation sites (N-methyl/N-ethyl adjacent to an activating group) is 1. The summed E-state index contributed by atoms with van der Waals surface area (Å²) >= 11 is 4.13. The minimum absolute atomic E-state index is 0.799. The second-order valence-electron chi connectivity index (χ2n) is 3.70. The molecule has 16 heavy (non-hydrogen) atoms. The van der Waals surface area contributed by atoms with Crippen LogP contribution < -0.4 is 4.74 Å². The van der Waals surface area contributed by atoms with Gasteiger partial charge in [-0.2, -0.15) is 12.6 Å². The van der Waals surface area contributed by atoms with Crippen molar-refractivity contribution in [1.82, 2.24) is 4.90 Å². The largest absolute Gasteiger partial charge is 0.497 e. The molecule has 0 bridgehead atoms. The molecule has 1 rings (SSSR count). The van der Waals surface area contributed by atoms with Crippen molar-refractivity contribution in [1.29, 1.82) is 0 Å². The van der Waals surface area contributed by atoms with Gasteiger partial charge >= 0.3 is 0 Å². The molecule has 0 spiro atoms. The first-order valence-electron chi connectivity index (χ1n) is 5.33. The summed E-state index contributed by atoms with van der Waals surface area (Å²) in [6.45, 7) is 1.87. The van der Waals surface area contributed by atoms with E-state index in [9.17, 15) is 0 Å². The van der Waals surface area contributed by atoms with E-state index in [0.717, 1.165) is 24.6 Å². The van der Waals surface area contributed by atoms with Crippen LogP contribution in [0.2, 0.25) is 0 Å². The van der Waals surface area contributed by atoms with Gasteiger partial charge in [0, 0.05) is 18.8 Å². The summed E-state index contributed by atoms with van der Waals surface area (Å²) in [6, 6.07) is 8.16. The van der Waals surface area contributed by atoms with E-state index in [1.165, 1.54) is 5.56 Å². The fourth-order valence-corrected chi connectivity index (χ4v) is 1.63. The van der Waals surface area contributed by atoms with Gasteiger partial charge in [0.25, 0.3) is 0 Å². The van der Waals surface area contributed by atoms with Gasteiger partial charge in [-0.15, -0.1) is 0 Å². The maximum atomic E-state index is 5.19. The van der Waals surface area contributed by atoms with Crippen LogP contribution in [0.4, 0.5) is 0 Å². The van der Waals surface area contributed by atoms with Gasteiger partial charge in [0.2, 0.25) is 0 Å². The minimum Gasteiger partial charge on any atom is -0.497 e. The highest BCUT2D eigenvalue weighted by Gasteiger charge is 1.99. The van der Waals surface area contributed by atoms with Crippen LogP contribution in [-0.4, -0.2) is 31.4 Å². The Bertz CT molecular complexity index is 338. The average Bonchev–Trinajstić information content (AvgIpc) is 2.29. The highest BCUT2D eigenvalue weighted by atomic mass is 32.1. The first kappa shape index (κ1) is 13.1. The molecule has 0 radical (unpaired) electrons. The zero-order valence-electron chi connectivity index (χ0n) is 9.89. The molecule has 0 saturated carbocycles. The molecule has 0 N–H and O–H groups in total. The van der Waals surface area contributed by atoms with Crippen molar-refractivity contribution in [2.24, 2.45) is 0 Å². The summed E-state index contributed by atoms with van der Waals surface area (Å²) in [6.07, 6.45) is 4.19. The Morgan fingerprint density at radius 2 is 2.19 bits per heavy atom. The molecule has 2 nitrogen and oxygen atoms in total. The highest BCUT2D eigenvalue weighted by molar-refractivity contribution is 7.80. The molecule has 0 heterocycles. The van der Waals surface area contributed by atoms with Crippen LogP contribution in [0, 0.1) is 0 Å². The lowest BCUT2D eigenvalue weighted by Gasteiger charge is -2.14. The number of thiol groups is 1. The van der Waals surface area contributed by atoms with E-state index < -0.39 is 0 Å². The Balaban J connectivity index is 2.48. The third-order valence-electron chi connectivity index (χ3n) is 2.28. The topological polar surface area (TPSA) is 12.5 Å². The predicted molar refractivity (Wildman–Crippen MR) is 72.3 cm³/mol. The molecule has 0 saturated heterocycles. The summed E-state index contributed by atoms with van der Waals surface area (Å²) in [5.74, 6) is 1.71. The molecular weight excluding hydrogens is 218 g/mol. The quantitative estimate of drug-likeness (QED) is 0.603. The molecule has 3 heteroatoms. The molecule has 0 aliphatic carbocycles. The average molecular weight is 237 g/mol. The maximum absolute atomic E-state index is 5.19. The van der Waals surface area contributed by atoms with Crippen LogP contribution in [0.5, 0.6) is 5.75 Å². The predicted octanol–water partition coefficient (Wildman–Crippen LogP) is 2.61. The van der Waals surface area contributed by atoms with Gasteiger partial charge in [0.15, 0.2) is 0 Å². The number of hydrogen-bond donors (Lipinski definition) is 1. The van der Waals surface area contributed by atoms with Gasteiger partial charge in [0.05, 0.1) is 7.11 Å². The number of nitrogens with zero attached hydrogens (tertiary/aromatic N) is 1. The zero-order valence-corrected chi connectivity index (χ0v) is 10.8. The molecule has 0 fully saturated rings. The van der Waals surface area contributed by atoms with Crippen molar-refractivity contribution < 1.29 is 4.74 Å². The second-order valence-corrected chi connectivity index (χ2v) is 4.07. The fourth-order valence-electron chi connectivity index (χ4n) is 1.48. The van der Waals surface area contributed by atoms with Gasteiger partial charge in [-0.1, -0.05) is 24.3 Å². The van der Waals surface area contributed by atoms with E-state index in [0.29, 0.717) is 0 Å². The summed E-state index contributed by atoms with van der Waals surface area (Å²) < 4.78 is 5.19. The third-order valence-corrected chi connectivity index (χ3v) is 2.49. The summed E-state index contributed by atoms with van der Waals surface area (Å²) in [5.41, 5.74) is 1.26. The normalized spacial score (nSPS) is 11.2. The summed E-state index contributed by atoms with van der Waals surface area (Å²) in [5, 5.41) is 0. The smallest absolute Gasteiger partial charge is 0.119 e. The molecule has 88 valence electrons. The summed E-state index contributed by atoms with van der Waals surface area (Å²) in [4.78, 5) is 2.24. The molecule has 0 unspecified atom stereocenters. The van der Waals surface area contributed by atoms with Gasteiger partial charge in [-0.3, -0.25) is 4.90 Å². The Kier molecular flexibility index (Phi) is 6.04. The Hall–Kier alpha value is -0.930. The van der Waals surface area contributed by atoms with E-state index >= 15 is 0 Å². The molecule has 0 atom stereocenters. The molecule has 0 aliphatic rings. The number of ether oxygens (including phenoxy) is 1. The van der Waals surface area contributed by atoms with E-state index in [-0.39, 0.29) is 0 Å². The van der Waals surface area contributed by atoms with Crippen molar-refractivity contribution in [3.8, 4) is 5.75 Å². The van der Waals surface area contributed by atoms with E-state index in [1.54, 1.807) is 7.11 Å². The highest BCUT2D eigenvalue weighted by Crippen LogP contribution is 2.13. The number of rotatable bonds is 6. The third kappa shape index (κ3) is 4.73. The molecule has 1 aromatic carbocycles. The van der Waals surface area contributed by atoms with Crippen molar-refractivity contribution in [3.63, 3.8) is 0 Å². The van der Waals surface area contributed by atoms with Crippen molar-refractivity contribution in [2.45, 2.75) is 6.54 Å². The zero-order chi connectivity index (χ0) is 11.8. The Morgan fingerprint density at radius 1 is 1.38 bits per heavy atom. The lowest BCUT2D eigenvalue weighted by atomic mass is 10.2. The number of benzene rings is 1. The van der Waals surface area contributed by atoms with Gasteiger partial charge in [-0.05, 0) is 24.7 Å². The number of methoxy groups -OCH3 is 1. The Labute approximate surface area is 103 Å². The van der Waals surface area contributed by atoms with Crippen LogP contribution in [0.25, 0.3) is 0 Å². The van der Waals surface area contributed by atoms with E-state index in [4.69, 9.17) is 4.74 Å². The lowest BCUT2D eigenvalue weighted by molar-refractivity contribution is 0.361. The lowest BCUT2D eigenvalue weighted by Crippen LogP contribution is -2.17. The van der Waals surface area contributed by atoms with Crippen LogP contribution in [0.15, 0.2) is 36.4 Å². The maximum Gasteiger partial charge on any atom is 0.119 e. The second kappa shape index (κ2) is 7.36. The molecule has 0 amide bonds. The van der Waals surface area contributed by atoms with Crippen molar-refractivity contribution in [3.05, 3.63) is 42.0 Å². The minimum atomic E-state index is 0.799. The van der Waals surface area contributed by atoms with Gasteiger partial charge in [-0.25, -0.2) is 0 Å². The standard InChI is InChI=1S/C13H19NOS/c1-14(8-3-4-9-16)11-12-6-5-7-13(10-12)15-2/h3-7,10,16H,8-9,11H2,1-2H3. The first-order valence-corrected chi connectivity index (χ1v) is 5.97. The van der Waals surface area contributed by atoms with Crippen molar-refractivity contribution in [2.75, 3.05) is 26.5 Å². The van der Waals surface area contributed by atoms with Crippen LogP contribution in [-0.2, 0) is 6.54 Å². The number of hydrogen-bond acceptors (Lipinski definition) is 3. The molecular formula is C13H19NOS. The van der Waals surface area contributed by atoms with Crippen LogP contribution >= 0.6 is 12.6 Å². The van der Waals surface area contributed by atoms with E-state index in [2.05, 4.69) is 48.9 Å². The van der Waals surface area contributed by atoms with Gasteiger partial charge < -0.3 is 4.74 Å². The van der Waals surface area contributed by atoms with Crippen LogP contribution in [0.3, 0.4) is 0 Å². The molecule has 1 aromatic rings. The Morgan fingerprint density at radius 3 is 2.88 bits per heavy atom. The van der Waals surface area contributed by atoms with Crippen molar-refractivity contribution >= 4 is 12.6 Å². The first-order chi connectivity index (χ1) is 7.76. The van der Waals surface area contributed by atoms with Gasteiger partial charge in [0.1, 0.15) is 5.75 Å². The monoisotopic (exact) mass is 237 g/mol. The molecule has 0 aliphatic heterocycles. The summed E-state index contributed by atoms with van der Waals surface area (Å²) in [7, 11) is 3.79. The fraction of sp³-hybridized carbons (Fsp3) is 0.385. The van der Waals surface area contributed by atoms with E-state index in [1.807, 2.05) is 12.1 Å².